The van der Waals surface area contributed by atoms with Crippen LogP contribution in [0.4, 0.5) is 0 Å². The van der Waals surface area contributed by atoms with Gasteiger partial charge in [-0.1, -0.05) is 24.3 Å². The monoisotopic (exact) mass is 168 g/mol. The Labute approximate surface area is 77.0 Å². The third-order valence-electron chi connectivity index (χ3n) is 2.53. The minimum atomic E-state index is -0.802. The first-order valence-electron chi connectivity index (χ1n) is 4.19. The van der Waals surface area contributed by atoms with E-state index in [1.54, 1.807) is 0 Å². The average molecular weight is 168 g/mol. The van der Waals surface area contributed by atoms with Crippen molar-refractivity contribution < 1.29 is 0 Å². The Morgan fingerprint density at radius 3 is 1.85 bits per heavy atom. The van der Waals surface area contributed by atoms with Crippen molar-refractivity contribution in [2.24, 2.45) is 5.41 Å². The Bertz CT molecular complexity index is 379. The summed E-state index contributed by atoms with van der Waals surface area (Å²) in [6, 6.07) is 12.1. The third-order valence-corrected chi connectivity index (χ3v) is 2.53. The summed E-state index contributed by atoms with van der Waals surface area (Å²) in [6.07, 6.45) is 1.16. The van der Waals surface area contributed by atoms with Crippen LogP contribution in [-0.4, -0.2) is 0 Å². The first-order chi connectivity index (χ1) is 6.29. The quantitative estimate of drug-likeness (QED) is 0.593. The van der Waals surface area contributed by atoms with E-state index in [1.807, 2.05) is 24.3 Å². The Hall–Kier alpha value is -1.80. The fourth-order valence-corrected chi connectivity index (χ4v) is 1.80. The highest BCUT2D eigenvalue weighted by Gasteiger charge is 2.37. The van der Waals surface area contributed by atoms with Gasteiger partial charge in [0.15, 0.2) is 5.41 Å². The van der Waals surface area contributed by atoms with Crippen LogP contribution < -0.4 is 0 Å². The molecule has 0 heterocycles. The maximum absolute atomic E-state index is 8.92. The van der Waals surface area contributed by atoms with Gasteiger partial charge in [-0.25, -0.2) is 0 Å². The van der Waals surface area contributed by atoms with Gasteiger partial charge in [0.05, 0.1) is 12.1 Å². The minimum Gasteiger partial charge on any atom is -0.197 e. The molecule has 0 bridgehead atoms. The van der Waals surface area contributed by atoms with Crippen molar-refractivity contribution in [3.63, 3.8) is 0 Å². The Morgan fingerprint density at radius 2 is 1.46 bits per heavy atom. The molecule has 0 aliphatic heterocycles. The highest BCUT2D eigenvalue weighted by atomic mass is 14.4. The zero-order valence-corrected chi connectivity index (χ0v) is 7.12. The lowest BCUT2D eigenvalue weighted by Crippen LogP contribution is -2.15. The molecule has 62 valence electrons. The lowest BCUT2D eigenvalue weighted by molar-refractivity contribution is 0.560. The van der Waals surface area contributed by atoms with Crippen molar-refractivity contribution >= 4 is 0 Å². The van der Waals surface area contributed by atoms with Crippen LogP contribution in [0.5, 0.6) is 0 Å². The molecule has 1 aliphatic rings. The first-order valence-corrected chi connectivity index (χ1v) is 4.19. The number of rotatable bonds is 0. The molecule has 1 aromatic carbocycles. The number of fused-ring (bicyclic) bond motifs is 1. The predicted octanol–water partition coefficient (Wildman–Crippen LogP) is 1.82. The van der Waals surface area contributed by atoms with Gasteiger partial charge in [0.25, 0.3) is 0 Å². The van der Waals surface area contributed by atoms with Crippen molar-refractivity contribution in [1.29, 1.82) is 10.5 Å². The summed E-state index contributed by atoms with van der Waals surface area (Å²) in [5, 5.41) is 17.8. The van der Waals surface area contributed by atoms with Gasteiger partial charge in [-0.3, -0.25) is 0 Å². The Kier molecular flexibility index (Phi) is 1.57. The maximum atomic E-state index is 8.92. The molecule has 2 nitrogen and oxygen atoms in total. The van der Waals surface area contributed by atoms with E-state index < -0.39 is 5.41 Å². The summed E-state index contributed by atoms with van der Waals surface area (Å²) in [6.45, 7) is 0. The fourth-order valence-electron chi connectivity index (χ4n) is 1.80. The lowest BCUT2D eigenvalue weighted by Gasteiger charge is -2.06. The molecular formula is C11H8N2. The van der Waals surface area contributed by atoms with Gasteiger partial charge < -0.3 is 0 Å². The molecular weight excluding hydrogens is 160 g/mol. The average Bonchev–Trinajstić information content (AvgIpc) is 2.57. The van der Waals surface area contributed by atoms with E-state index in [-0.39, 0.29) is 0 Å². The number of hydrogen-bond donors (Lipinski definition) is 0. The van der Waals surface area contributed by atoms with Crippen molar-refractivity contribution in [2.75, 3.05) is 0 Å². The molecule has 0 N–H and O–H groups in total. The van der Waals surface area contributed by atoms with Gasteiger partial charge in [0, 0.05) is 12.8 Å². The zero-order chi connectivity index (χ0) is 9.31. The molecule has 2 rings (SSSR count). The normalized spacial score (nSPS) is 17.1. The fraction of sp³-hybridized carbons (Fsp3) is 0.273. The molecule has 0 saturated heterocycles. The Morgan fingerprint density at radius 1 is 1.00 bits per heavy atom. The van der Waals surface area contributed by atoms with Crippen LogP contribution in [0, 0.1) is 28.1 Å². The van der Waals surface area contributed by atoms with Gasteiger partial charge in [0.2, 0.25) is 0 Å². The van der Waals surface area contributed by atoms with Crippen molar-refractivity contribution in [3.05, 3.63) is 35.4 Å². The lowest BCUT2D eigenvalue weighted by atomic mass is 9.89. The van der Waals surface area contributed by atoms with Gasteiger partial charge in [-0.05, 0) is 11.1 Å². The molecule has 0 fully saturated rings. The second-order valence-electron chi connectivity index (χ2n) is 3.43. The van der Waals surface area contributed by atoms with E-state index in [4.69, 9.17) is 10.5 Å². The number of benzene rings is 1. The van der Waals surface area contributed by atoms with Crippen molar-refractivity contribution in [2.45, 2.75) is 12.8 Å². The van der Waals surface area contributed by atoms with E-state index in [0.29, 0.717) is 12.8 Å². The molecule has 0 amide bonds. The molecule has 0 atom stereocenters. The highest BCUT2D eigenvalue weighted by Crippen LogP contribution is 2.35. The summed E-state index contributed by atoms with van der Waals surface area (Å²) < 4.78 is 0. The zero-order valence-electron chi connectivity index (χ0n) is 7.12. The van der Waals surface area contributed by atoms with Crippen LogP contribution in [0.2, 0.25) is 0 Å². The molecule has 0 spiro atoms. The molecule has 0 aromatic heterocycles. The highest BCUT2D eigenvalue weighted by molar-refractivity contribution is 5.40. The largest absolute Gasteiger partial charge is 0.197 e. The first kappa shape index (κ1) is 7.83. The molecule has 2 heteroatoms. The van der Waals surface area contributed by atoms with Crippen LogP contribution in [0.25, 0.3) is 0 Å². The summed E-state index contributed by atoms with van der Waals surface area (Å²) in [4.78, 5) is 0. The van der Waals surface area contributed by atoms with Crippen LogP contribution in [-0.2, 0) is 12.8 Å². The van der Waals surface area contributed by atoms with Gasteiger partial charge in [-0.2, -0.15) is 10.5 Å². The minimum absolute atomic E-state index is 0.580. The van der Waals surface area contributed by atoms with Crippen LogP contribution >= 0.6 is 0 Å². The van der Waals surface area contributed by atoms with E-state index in [0.717, 1.165) is 11.1 Å². The van der Waals surface area contributed by atoms with E-state index in [9.17, 15) is 0 Å². The van der Waals surface area contributed by atoms with Gasteiger partial charge >= 0.3 is 0 Å². The van der Waals surface area contributed by atoms with Crippen LogP contribution in [0.15, 0.2) is 24.3 Å². The SMILES string of the molecule is N#CC1(C#N)Cc2ccccc2C1. The second kappa shape index (κ2) is 2.61. The Balaban J connectivity index is 2.44. The standard InChI is InChI=1S/C11H8N2/c12-7-11(8-13)5-9-3-1-2-4-10(9)6-11/h1-4H,5-6H2. The van der Waals surface area contributed by atoms with Crippen LogP contribution in [0.1, 0.15) is 11.1 Å². The summed E-state index contributed by atoms with van der Waals surface area (Å²) in [5.41, 5.74) is 1.49. The topological polar surface area (TPSA) is 47.6 Å². The molecule has 1 aliphatic carbocycles. The van der Waals surface area contributed by atoms with E-state index in [1.165, 1.54) is 0 Å². The molecule has 0 radical (unpaired) electrons. The predicted molar refractivity (Wildman–Crippen MR) is 47.5 cm³/mol. The third kappa shape index (κ3) is 1.08. The smallest absolute Gasteiger partial charge is 0.151 e. The maximum Gasteiger partial charge on any atom is 0.151 e. The molecule has 0 unspecified atom stereocenters. The van der Waals surface area contributed by atoms with Gasteiger partial charge in [-0.15, -0.1) is 0 Å². The molecule has 0 saturated carbocycles. The molecule has 1 aromatic rings. The number of nitrogens with zero attached hydrogens (tertiary/aromatic N) is 2. The second-order valence-corrected chi connectivity index (χ2v) is 3.43. The molecule has 13 heavy (non-hydrogen) atoms. The van der Waals surface area contributed by atoms with E-state index in [2.05, 4.69) is 12.1 Å². The van der Waals surface area contributed by atoms with Crippen molar-refractivity contribution in [3.8, 4) is 12.1 Å². The number of nitriles is 2. The van der Waals surface area contributed by atoms with Crippen molar-refractivity contribution in [1.82, 2.24) is 0 Å². The van der Waals surface area contributed by atoms with Crippen LogP contribution in [0.3, 0.4) is 0 Å². The summed E-state index contributed by atoms with van der Waals surface area (Å²) >= 11 is 0. The summed E-state index contributed by atoms with van der Waals surface area (Å²) in [5.74, 6) is 0. The summed E-state index contributed by atoms with van der Waals surface area (Å²) in [7, 11) is 0. The van der Waals surface area contributed by atoms with Gasteiger partial charge in [0.1, 0.15) is 0 Å². The van der Waals surface area contributed by atoms with E-state index >= 15 is 0 Å². The number of hydrogen-bond acceptors (Lipinski definition) is 2.